The van der Waals surface area contributed by atoms with Crippen molar-refractivity contribution < 1.29 is 0 Å². The number of nitrogens with one attached hydrogen (secondary N) is 1. The highest BCUT2D eigenvalue weighted by atomic mass is 32.1. The Morgan fingerprint density at radius 1 is 1.13 bits per heavy atom. The second-order valence-electron chi connectivity index (χ2n) is 5.29. The van der Waals surface area contributed by atoms with Crippen molar-refractivity contribution >= 4 is 27.4 Å². The van der Waals surface area contributed by atoms with Gasteiger partial charge in [-0.05, 0) is 36.1 Å². The Morgan fingerprint density at radius 3 is 2.78 bits per heavy atom. The predicted octanol–water partition coefficient (Wildman–Crippen LogP) is 4.05. The van der Waals surface area contributed by atoms with Crippen molar-refractivity contribution in [3.05, 3.63) is 66.3 Å². The molecule has 4 aromatic rings. The maximum atomic E-state index is 4.37. The van der Waals surface area contributed by atoms with Crippen LogP contribution in [0.3, 0.4) is 0 Å². The topological polar surface area (TPSA) is 55.6 Å². The molecule has 1 aromatic carbocycles. The lowest BCUT2D eigenvalue weighted by Crippen LogP contribution is -2.08. The number of anilines is 1. The fraction of sp³-hybridized carbons (Fsp3) is 0.118. The summed E-state index contributed by atoms with van der Waals surface area (Å²) in [6.45, 7) is 2.13. The molecule has 1 N–H and O–H groups in total. The molecule has 0 saturated heterocycles. The van der Waals surface area contributed by atoms with Gasteiger partial charge in [0.05, 0.1) is 11.7 Å². The van der Waals surface area contributed by atoms with Crippen molar-refractivity contribution in [2.45, 2.75) is 13.0 Å². The summed E-state index contributed by atoms with van der Waals surface area (Å²) in [5.74, 6) is 0.877. The predicted molar refractivity (Wildman–Crippen MR) is 93.0 cm³/mol. The molecule has 0 aliphatic heterocycles. The van der Waals surface area contributed by atoms with Crippen molar-refractivity contribution in [3.63, 3.8) is 0 Å². The first-order chi connectivity index (χ1) is 11.3. The van der Waals surface area contributed by atoms with Crippen molar-refractivity contribution in [2.24, 2.45) is 0 Å². The minimum Gasteiger partial charge on any atom is -0.363 e. The Labute approximate surface area is 137 Å². The molecule has 0 saturated carbocycles. The van der Waals surface area contributed by atoms with Crippen molar-refractivity contribution in [3.8, 4) is 5.69 Å². The van der Waals surface area contributed by atoms with Crippen molar-refractivity contribution in [2.75, 3.05) is 5.32 Å². The van der Waals surface area contributed by atoms with E-state index in [2.05, 4.69) is 57.5 Å². The molecule has 0 bridgehead atoms. The van der Waals surface area contributed by atoms with Gasteiger partial charge in [0, 0.05) is 24.1 Å². The maximum absolute atomic E-state index is 4.37. The molecule has 3 heterocycles. The lowest BCUT2D eigenvalue weighted by atomic mass is 10.1. The molecular formula is C17H15N5S. The molecule has 0 fully saturated rings. The van der Waals surface area contributed by atoms with Gasteiger partial charge in [-0.3, -0.25) is 0 Å². The van der Waals surface area contributed by atoms with Crippen LogP contribution < -0.4 is 5.32 Å². The van der Waals surface area contributed by atoms with Gasteiger partial charge in [-0.1, -0.05) is 12.1 Å². The van der Waals surface area contributed by atoms with E-state index >= 15 is 0 Å². The standard InChI is InChI=1S/C17H15N5S/c1-12(21-16-15-6-9-23-17(15)20-10-19-16)13-2-4-14(5-3-13)22-8-7-18-11-22/h2-12H,1H3,(H,19,20,21). The molecule has 3 aromatic heterocycles. The number of fused-ring (bicyclic) bond motifs is 1. The van der Waals surface area contributed by atoms with E-state index in [1.165, 1.54) is 5.56 Å². The average molecular weight is 321 g/mol. The van der Waals surface area contributed by atoms with E-state index in [9.17, 15) is 0 Å². The molecule has 5 nitrogen and oxygen atoms in total. The van der Waals surface area contributed by atoms with Gasteiger partial charge in [0.1, 0.15) is 17.0 Å². The van der Waals surface area contributed by atoms with E-state index in [1.807, 2.05) is 16.1 Å². The summed E-state index contributed by atoms with van der Waals surface area (Å²) >= 11 is 1.63. The smallest absolute Gasteiger partial charge is 0.138 e. The van der Waals surface area contributed by atoms with Crippen LogP contribution in [0.4, 0.5) is 5.82 Å². The monoisotopic (exact) mass is 321 g/mol. The molecule has 0 amide bonds. The van der Waals surface area contributed by atoms with Gasteiger partial charge in [-0.2, -0.15) is 0 Å². The molecule has 0 spiro atoms. The number of imidazole rings is 1. The number of hydrogen-bond donors (Lipinski definition) is 1. The van der Waals surface area contributed by atoms with Gasteiger partial charge in [0.2, 0.25) is 0 Å². The Kier molecular flexibility index (Phi) is 3.51. The summed E-state index contributed by atoms with van der Waals surface area (Å²) in [5.41, 5.74) is 2.30. The molecule has 6 heteroatoms. The van der Waals surface area contributed by atoms with Crippen molar-refractivity contribution in [1.82, 2.24) is 19.5 Å². The summed E-state index contributed by atoms with van der Waals surface area (Å²) in [6, 6.07) is 10.6. The van der Waals surface area contributed by atoms with E-state index in [-0.39, 0.29) is 6.04 Å². The lowest BCUT2D eigenvalue weighted by Gasteiger charge is -2.16. The minimum absolute atomic E-state index is 0.157. The fourth-order valence-electron chi connectivity index (χ4n) is 2.54. The molecular weight excluding hydrogens is 306 g/mol. The van der Waals surface area contributed by atoms with Crippen LogP contribution in [0.25, 0.3) is 15.9 Å². The molecule has 4 rings (SSSR count). The molecule has 0 radical (unpaired) electrons. The van der Waals surface area contributed by atoms with Gasteiger partial charge in [0.25, 0.3) is 0 Å². The minimum atomic E-state index is 0.157. The molecule has 0 aliphatic carbocycles. The molecule has 114 valence electrons. The van der Waals surface area contributed by atoms with Crippen LogP contribution in [0.15, 0.2) is 60.8 Å². The van der Waals surface area contributed by atoms with Crippen LogP contribution in [0.2, 0.25) is 0 Å². The first-order valence-electron chi connectivity index (χ1n) is 7.34. The largest absolute Gasteiger partial charge is 0.363 e. The van der Waals surface area contributed by atoms with Gasteiger partial charge in [-0.15, -0.1) is 11.3 Å². The third kappa shape index (κ3) is 2.68. The summed E-state index contributed by atoms with van der Waals surface area (Å²) in [4.78, 5) is 13.7. The van der Waals surface area contributed by atoms with Crippen LogP contribution in [0.1, 0.15) is 18.5 Å². The van der Waals surface area contributed by atoms with Crippen LogP contribution in [0, 0.1) is 0 Å². The van der Waals surface area contributed by atoms with E-state index < -0.39 is 0 Å². The van der Waals surface area contributed by atoms with Crippen molar-refractivity contribution in [1.29, 1.82) is 0 Å². The SMILES string of the molecule is CC(Nc1ncnc2sccc12)c1ccc(-n2ccnc2)cc1. The number of rotatable bonds is 4. The summed E-state index contributed by atoms with van der Waals surface area (Å²) < 4.78 is 1.99. The van der Waals surface area contributed by atoms with Crippen LogP contribution in [-0.2, 0) is 0 Å². The molecule has 1 atom stereocenters. The Bertz CT molecular complexity index is 912. The maximum Gasteiger partial charge on any atom is 0.138 e. The number of aromatic nitrogens is 4. The summed E-state index contributed by atoms with van der Waals surface area (Å²) in [7, 11) is 0. The Hall–Kier alpha value is -2.73. The summed E-state index contributed by atoms with van der Waals surface area (Å²) in [6.07, 6.45) is 7.12. The average Bonchev–Trinajstić information content (AvgIpc) is 3.27. The van der Waals surface area contributed by atoms with Crippen LogP contribution in [-0.4, -0.2) is 19.5 Å². The number of nitrogens with zero attached hydrogens (tertiary/aromatic N) is 4. The quantitative estimate of drug-likeness (QED) is 0.616. The number of benzene rings is 1. The van der Waals surface area contributed by atoms with Gasteiger partial charge in [0.15, 0.2) is 0 Å². The highest BCUT2D eigenvalue weighted by Crippen LogP contribution is 2.27. The van der Waals surface area contributed by atoms with Crippen LogP contribution >= 0.6 is 11.3 Å². The van der Waals surface area contributed by atoms with E-state index in [4.69, 9.17) is 0 Å². The van der Waals surface area contributed by atoms with E-state index in [1.54, 1.807) is 30.2 Å². The highest BCUT2D eigenvalue weighted by Gasteiger charge is 2.10. The van der Waals surface area contributed by atoms with Crippen LogP contribution in [0.5, 0.6) is 0 Å². The van der Waals surface area contributed by atoms with E-state index in [0.29, 0.717) is 0 Å². The number of thiophene rings is 1. The Balaban J connectivity index is 1.57. The third-order valence-corrected chi connectivity index (χ3v) is 4.63. The second-order valence-corrected chi connectivity index (χ2v) is 6.18. The highest BCUT2D eigenvalue weighted by molar-refractivity contribution is 7.16. The van der Waals surface area contributed by atoms with Gasteiger partial charge >= 0.3 is 0 Å². The normalized spacial score (nSPS) is 12.4. The zero-order valence-corrected chi connectivity index (χ0v) is 13.4. The molecule has 1 unspecified atom stereocenters. The number of hydrogen-bond acceptors (Lipinski definition) is 5. The van der Waals surface area contributed by atoms with Gasteiger partial charge in [-0.25, -0.2) is 15.0 Å². The van der Waals surface area contributed by atoms with Gasteiger partial charge < -0.3 is 9.88 Å². The lowest BCUT2D eigenvalue weighted by molar-refractivity contribution is 0.874. The zero-order chi connectivity index (χ0) is 15.6. The van der Waals surface area contributed by atoms with E-state index in [0.717, 1.165) is 21.7 Å². The second kappa shape index (κ2) is 5.81. The zero-order valence-electron chi connectivity index (χ0n) is 12.5. The summed E-state index contributed by atoms with van der Waals surface area (Å²) in [5, 5.41) is 6.58. The first-order valence-corrected chi connectivity index (χ1v) is 8.22. The Morgan fingerprint density at radius 2 is 2.00 bits per heavy atom. The first kappa shape index (κ1) is 13.9. The third-order valence-electron chi connectivity index (χ3n) is 3.81. The fourth-order valence-corrected chi connectivity index (χ4v) is 3.27. The molecule has 23 heavy (non-hydrogen) atoms. The molecule has 0 aliphatic rings.